The number of hydrogen-bond donors (Lipinski definition) is 2. The first-order valence-corrected chi connectivity index (χ1v) is 8.78. The van der Waals surface area contributed by atoms with Crippen LogP contribution >= 0.6 is 0 Å². The lowest BCUT2D eigenvalue weighted by atomic mass is 10.2. The van der Waals surface area contributed by atoms with Crippen LogP contribution in [0.4, 0.5) is 5.69 Å². The van der Waals surface area contributed by atoms with Crippen LogP contribution in [0.25, 0.3) is 0 Å². The second-order valence-corrected chi connectivity index (χ2v) is 6.37. The predicted octanol–water partition coefficient (Wildman–Crippen LogP) is 0.717. The molecule has 132 valence electrons. The number of hydrogen-bond acceptors (Lipinski definition) is 3. The molecule has 25 heavy (non-hydrogen) atoms. The number of benzene rings is 2. The van der Waals surface area contributed by atoms with Crippen molar-refractivity contribution in [2.24, 2.45) is 0 Å². The Bertz CT molecular complexity index is 665. The lowest BCUT2D eigenvalue weighted by Crippen LogP contribution is -3.15. The topological polar surface area (TPSA) is 46.0 Å². The van der Waals surface area contributed by atoms with E-state index < -0.39 is 0 Å². The standard InChI is InChI=1S/C20H25N3O2/c1-25-19-9-7-18(8-10-19)23-13-11-22(12-14-23)16-20(24)21-15-17-5-3-2-4-6-17/h2-10H,11-16H2,1H3,(H,21,24)/p+1. The van der Waals surface area contributed by atoms with Gasteiger partial charge in [-0.2, -0.15) is 0 Å². The number of ether oxygens (including phenoxy) is 1. The maximum Gasteiger partial charge on any atom is 0.275 e. The maximum atomic E-state index is 12.1. The van der Waals surface area contributed by atoms with E-state index in [1.165, 1.54) is 10.6 Å². The van der Waals surface area contributed by atoms with E-state index in [4.69, 9.17) is 4.74 Å². The molecule has 1 aliphatic heterocycles. The van der Waals surface area contributed by atoms with Crippen LogP contribution in [0.15, 0.2) is 54.6 Å². The minimum atomic E-state index is 0.122. The molecule has 0 bridgehead atoms. The van der Waals surface area contributed by atoms with Crippen LogP contribution in [0.3, 0.4) is 0 Å². The number of piperazine rings is 1. The van der Waals surface area contributed by atoms with Gasteiger partial charge in [-0.05, 0) is 29.8 Å². The summed E-state index contributed by atoms with van der Waals surface area (Å²) in [6, 6.07) is 18.2. The van der Waals surface area contributed by atoms with Crippen LogP contribution < -0.4 is 19.9 Å². The molecule has 0 aliphatic carbocycles. The fourth-order valence-electron chi connectivity index (χ4n) is 3.14. The number of nitrogens with zero attached hydrogens (tertiary/aromatic N) is 1. The molecule has 1 heterocycles. The Morgan fingerprint density at radius 3 is 2.40 bits per heavy atom. The molecule has 2 N–H and O–H groups in total. The van der Waals surface area contributed by atoms with Gasteiger partial charge < -0.3 is 19.9 Å². The zero-order valence-electron chi connectivity index (χ0n) is 14.7. The van der Waals surface area contributed by atoms with E-state index in [9.17, 15) is 4.79 Å². The van der Waals surface area contributed by atoms with E-state index in [0.717, 1.165) is 37.5 Å². The van der Waals surface area contributed by atoms with Gasteiger partial charge in [-0.1, -0.05) is 30.3 Å². The zero-order valence-corrected chi connectivity index (χ0v) is 14.7. The summed E-state index contributed by atoms with van der Waals surface area (Å²) in [5, 5.41) is 3.01. The molecule has 0 radical (unpaired) electrons. The summed E-state index contributed by atoms with van der Waals surface area (Å²) in [5.74, 6) is 1.000. The maximum absolute atomic E-state index is 12.1. The molecule has 0 unspecified atom stereocenters. The molecule has 2 aromatic carbocycles. The molecular formula is C20H26N3O2+. The fraction of sp³-hybridized carbons (Fsp3) is 0.350. The first kappa shape index (κ1) is 17.3. The van der Waals surface area contributed by atoms with Crippen LogP contribution in [0.2, 0.25) is 0 Å². The molecule has 2 aromatic rings. The minimum Gasteiger partial charge on any atom is -0.497 e. The number of carbonyl (C=O) groups excluding carboxylic acids is 1. The molecule has 0 saturated carbocycles. The third kappa shape index (κ3) is 4.97. The number of methoxy groups -OCH3 is 1. The van der Waals surface area contributed by atoms with Gasteiger partial charge in [-0.15, -0.1) is 0 Å². The van der Waals surface area contributed by atoms with E-state index in [-0.39, 0.29) is 5.91 Å². The molecular weight excluding hydrogens is 314 g/mol. The summed E-state index contributed by atoms with van der Waals surface area (Å²) in [5.41, 5.74) is 2.35. The number of rotatable bonds is 6. The predicted molar refractivity (Wildman–Crippen MR) is 99.1 cm³/mol. The smallest absolute Gasteiger partial charge is 0.275 e. The molecule has 1 saturated heterocycles. The summed E-state index contributed by atoms with van der Waals surface area (Å²) in [4.78, 5) is 15.9. The number of quaternary nitrogens is 1. The summed E-state index contributed by atoms with van der Waals surface area (Å²) in [7, 11) is 1.68. The monoisotopic (exact) mass is 340 g/mol. The highest BCUT2D eigenvalue weighted by atomic mass is 16.5. The largest absolute Gasteiger partial charge is 0.497 e. The normalized spacial score (nSPS) is 15.0. The van der Waals surface area contributed by atoms with Crippen molar-refractivity contribution in [1.29, 1.82) is 0 Å². The second kappa shape index (κ2) is 8.53. The van der Waals surface area contributed by atoms with Gasteiger partial charge in [0.25, 0.3) is 5.91 Å². The van der Waals surface area contributed by atoms with E-state index >= 15 is 0 Å². The van der Waals surface area contributed by atoms with Crippen molar-refractivity contribution < 1.29 is 14.4 Å². The third-order valence-corrected chi connectivity index (χ3v) is 4.65. The summed E-state index contributed by atoms with van der Waals surface area (Å²) in [6.45, 7) is 5.03. The quantitative estimate of drug-likeness (QED) is 0.814. The van der Waals surface area contributed by atoms with E-state index in [0.29, 0.717) is 13.1 Å². The molecule has 3 rings (SSSR count). The van der Waals surface area contributed by atoms with Crippen LogP contribution in [-0.2, 0) is 11.3 Å². The van der Waals surface area contributed by atoms with Crippen LogP contribution in [-0.4, -0.2) is 45.7 Å². The summed E-state index contributed by atoms with van der Waals surface area (Å²) < 4.78 is 5.21. The Morgan fingerprint density at radius 1 is 1.08 bits per heavy atom. The van der Waals surface area contributed by atoms with Gasteiger partial charge in [0.05, 0.1) is 33.3 Å². The van der Waals surface area contributed by atoms with Gasteiger partial charge in [0.2, 0.25) is 0 Å². The number of amides is 1. The SMILES string of the molecule is COc1ccc(N2CC[NH+](CC(=O)NCc3ccccc3)CC2)cc1. The van der Waals surface area contributed by atoms with Gasteiger partial charge in [0.15, 0.2) is 6.54 Å². The first-order valence-electron chi connectivity index (χ1n) is 8.78. The minimum absolute atomic E-state index is 0.122. The van der Waals surface area contributed by atoms with Gasteiger partial charge in [0, 0.05) is 12.2 Å². The molecule has 1 amide bonds. The van der Waals surface area contributed by atoms with Crippen LogP contribution in [0.5, 0.6) is 5.75 Å². The van der Waals surface area contributed by atoms with Crippen LogP contribution in [0, 0.1) is 0 Å². The summed E-state index contributed by atoms with van der Waals surface area (Å²) >= 11 is 0. The van der Waals surface area contributed by atoms with Crippen molar-refractivity contribution in [2.75, 3.05) is 44.7 Å². The van der Waals surface area contributed by atoms with Crippen LogP contribution in [0.1, 0.15) is 5.56 Å². The number of nitrogens with one attached hydrogen (secondary N) is 2. The molecule has 0 aromatic heterocycles. The molecule has 0 atom stereocenters. The number of carbonyl (C=O) groups is 1. The van der Waals surface area contributed by atoms with Crippen molar-refractivity contribution in [2.45, 2.75) is 6.54 Å². The van der Waals surface area contributed by atoms with E-state index in [1.807, 2.05) is 42.5 Å². The summed E-state index contributed by atoms with van der Waals surface area (Å²) in [6.07, 6.45) is 0. The molecule has 5 heteroatoms. The van der Waals surface area contributed by atoms with Crippen molar-refractivity contribution in [3.8, 4) is 5.75 Å². The van der Waals surface area contributed by atoms with Crippen molar-refractivity contribution >= 4 is 11.6 Å². The average Bonchev–Trinajstić information content (AvgIpc) is 2.68. The van der Waals surface area contributed by atoms with Gasteiger partial charge in [-0.3, -0.25) is 4.79 Å². The Kier molecular flexibility index (Phi) is 5.90. The molecule has 0 spiro atoms. The lowest BCUT2D eigenvalue weighted by molar-refractivity contribution is -0.892. The number of anilines is 1. The Morgan fingerprint density at radius 2 is 1.76 bits per heavy atom. The van der Waals surface area contributed by atoms with Crippen molar-refractivity contribution in [3.63, 3.8) is 0 Å². The van der Waals surface area contributed by atoms with E-state index in [1.54, 1.807) is 7.11 Å². The van der Waals surface area contributed by atoms with Gasteiger partial charge >= 0.3 is 0 Å². The Labute approximate surface area is 149 Å². The zero-order chi connectivity index (χ0) is 17.5. The molecule has 1 aliphatic rings. The van der Waals surface area contributed by atoms with E-state index in [2.05, 4.69) is 22.3 Å². The fourth-order valence-corrected chi connectivity index (χ4v) is 3.14. The highest BCUT2D eigenvalue weighted by Crippen LogP contribution is 2.18. The lowest BCUT2D eigenvalue weighted by Gasteiger charge is -2.33. The van der Waals surface area contributed by atoms with Gasteiger partial charge in [-0.25, -0.2) is 0 Å². The highest BCUT2D eigenvalue weighted by Gasteiger charge is 2.22. The Balaban J connectivity index is 1.41. The van der Waals surface area contributed by atoms with Gasteiger partial charge in [0.1, 0.15) is 5.75 Å². The van der Waals surface area contributed by atoms with Crippen molar-refractivity contribution in [1.82, 2.24) is 5.32 Å². The average molecular weight is 340 g/mol. The second-order valence-electron chi connectivity index (χ2n) is 6.37. The molecule has 1 fully saturated rings. The third-order valence-electron chi connectivity index (χ3n) is 4.65. The first-order chi connectivity index (χ1) is 12.2. The Hall–Kier alpha value is -2.53. The molecule has 5 nitrogen and oxygen atoms in total. The highest BCUT2D eigenvalue weighted by molar-refractivity contribution is 5.76. The van der Waals surface area contributed by atoms with Crippen molar-refractivity contribution in [3.05, 3.63) is 60.2 Å².